The quantitative estimate of drug-likeness (QED) is 0.877. The Morgan fingerprint density at radius 1 is 1.38 bits per heavy atom. The van der Waals surface area contributed by atoms with E-state index in [1.165, 1.54) is 10.9 Å². The van der Waals surface area contributed by atoms with Gasteiger partial charge in [-0.3, -0.25) is 4.90 Å². The number of halogens is 1. The summed E-state index contributed by atoms with van der Waals surface area (Å²) >= 11 is 1.74. The molecule has 0 saturated carbocycles. The maximum atomic E-state index is 13.7. The molecule has 1 aromatic heterocycles. The molecule has 1 aromatic carbocycles. The summed E-state index contributed by atoms with van der Waals surface area (Å²) in [5, 5.41) is 2.07. The topological polar surface area (TPSA) is 29.3 Å². The largest absolute Gasteiger partial charge is 0.320 e. The second-order valence-corrected chi connectivity index (χ2v) is 5.94. The van der Waals surface area contributed by atoms with Crippen LogP contribution in [0, 0.1) is 17.7 Å². The molecule has 0 spiro atoms. The molecule has 0 aliphatic rings. The van der Waals surface area contributed by atoms with E-state index in [-0.39, 0.29) is 12.4 Å². The van der Waals surface area contributed by atoms with Crippen molar-refractivity contribution in [1.82, 2.24) is 4.90 Å². The lowest BCUT2D eigenvalue weighted by molar-refractivity contribution is 0.256. The van der Waals surface area contributed by atoms with Gasteiger partial charge in [0.1, 0.15) is 5.82 Å². The van der Waals surface area contributed by atoms with Gasteiger partial charge in [-0.05, 0) is 49.2 Å². The van der Waals surface area contributed by atoms with E-state index in [4.69, 9.17) is 5.73 Å². The van der Waals surface area contributed by atoms with Gasteiger partial charge in [0, 0.05) is 23.0 Å². The van der Waals surface area contributed by atoms with Gasteiger partial charge >= 0.3 is 0 Å². The minimum Gasteiger partial charge on any atom is -0.320 e. The molecule has 1 heterocycles. The van der Waals surface area contributed by atoms with Crippen molar-refractivity contribution in [2.75, 3.05) is 13.6 Å². The Bertz CT molecular complexity index is 641. The van der Waals surface area contributed by atoms with Crippen LogP contribution in [0.15, 0.2) is 35.7 Å². The summed E-state index contributed by atoms with van der Waals surface area (Å²) in [6.45, 7) is 3.11. The Labute approximate surface area is 129 Å². The molecule has 0 saturated heterocycles. The summed E-state index contributed by atoms with van der Waals surface area (Å²) in [5.41, 5.74) is 6.95. The van der Waals surface area contributed by atoms with E-state index in [2.05, 4.69) is 35.1 Å². The molecule has 0 bridgehead atoms. The standard InChI is InChI=1S/C17H19FN2S/c1-13(17-6-4-8-21-17)20(2)12-15-9-14(5-3-7-19)10-16(18)11-15/h4,6,8-11,13H,7,12,19H2,1-2H3. The third-order valence-corrected chi connectivity index (χ3v) is 4.38. The van der Waals surface area contributed by atoms with Crippen LogP contribution in [-0.4, -0.2) is 18.5 Å². The molecule has 0 aliphatic heterocycles. The van der Waals surface area contributed by atoms with Crippen molar-refractivity contribution in [2.45, 2.75) is 19.5 Å². The number of hydrogen-bond acceptors (Lipinski definition) is 3. The summed E-state index contributed by atoms with van der Waals surface area (Å²) in [7, 11) is 2.04. The minimum atomic E-state index is -0.258. The number of nitrogens with zero attached hydrogens (tertiary/aromatic N) is 1. The van der Waals surface area contributed by atoms with Crippen LogP contribution >= 0.6 is 11.3 Å². The van der Waals surface area contributed by atoms with E-state index < -0.39 is 0 Å². The Morgan fingerprint density at radius 2 is 2.19 bits per heavy atom. The summed E-state index contributed by atoms with van der Waals surface area (Å²) in [4.78, 5) is 3.50. The van der Waals surface area contributed by atoms with E-state index in [1.807, 2.05) is 19.2 Å². The first kappa shape index (κ1) is 15.7. The molecule has 2 rings (SSSR count). The molecule has 0 radical (unpaired) electrons. The molecule has 4 heteroatoms. The highest BCUT2D eigenvalue weighted by Gasteiger charge is 2.13. The smallest absolute Gasteiger partial charge is 0.124 e. The molecule has 0 fully saturated rings. The lowest BCUT2D eigenvalue weighted by Gasteiger charge is -2.24. The molecule has 0 aliphatic carbocycles. The lowest BCUT2D eigenvalue weighted by atomic mass is 10.1. The first-order valence-corrected chi connectivity index (χ1v) is 7.70. The molecule has 1 atom stereocenters. The van der Waals surface area contributed by atoms with Gasteiger partial charge in [-0.2, -0.15) is 0 Å². The van der Waals surface area contributed by atoms with Gasteiger partial charge in [0.25, 0.3) is 0 Å². The molecular weight excluding hydrogens is 283 g/mol. The Kier molecular flexibility index (Phi) is 5.51. The monoisotopic (exact) mass is 302 g/mol. The molecule has 1 unspecified atom stereocenters. The van der Waals surface area contributed by atoms with Crippen LogP contribution in [0.2, 0.25) is 0 Å². The predicted octanol–water partition coefficient (Wildman–Crippen LogP) is 3.39. The minimum absolute atomic E-state index is 0.258. The van der Waals surface area contributed by atoms with Crippen molar-refractivity contribution in [3.8, 4) is 11.8 Å². The molecule has 2 aromatic rings. The molecule has 110 valence electrons. The maximum absolute atomic E-state index is 13.7. The Balaban J connectivity index is 2.13. The summed E-state index contributed by atoms with van der Waals surface area (Å²) in [6, 6.07) is 9.39. The van der Waals surface area contributed by atoms with Crippen LogP contribution in [0.5, 0.6) is 0 Å². The normalized spacial score (nSPS) is 12.0. The van der Waals surface area contributed by atoms with Crippen LogP contribution in [0.25, 0.3) is 0 Å². The highest BCUT2D eigenvalue weighted by molar-refractivity contribution is 7.10. The summed E-state index contributed by atoms with van der Waals surface area (Å²) in [6.07, 6.45) is 0. The van der Waals surface area contributed by atoms with Gasteiger partial charge in [-0.25, -0.2) is 4.39 Å². The van der Waals surface area contributed by atoms with Crippen LogP contribution in [0.1, 0.15) is 29.0 Å². The third kappa shape index (κ3) is 4.40. The number of rotatable bonds is 4. The van der Waals surface area contributed by atoms with Gasteiger partial charge in [0.15, 0.2) is 0 Å². The number of hydrogen-bond donors (Lipinski definition) is 1. The van der Waals surface area contributed by atoms with Crippen molar-refractivity contribution in [3.63, 3.8) is 0 Å². The third-order valence-electron chi connectivity index (χ3n) is 3.34. The molecule has 0 amide bonds. The summed E-state index contributed by atoms with van der Waals surface area (Å²) in [5.74, 6) is 5.38. The maximum Gasteiger partial charge on any atom is 0.124 e. The highest BCUT2D eigenvalue weighted by atomic mass is 32.1. The predicted molar refractivity (Wildman–Crippen MR) is 86.5 cm³/mol. The van der Waals surface area contributed by atoms with E-state index in [1.54, 1.807) is 17.4 Å². The Morgan fingerprint density at radius 3 is 2.86 bits per heavy atom. The van der Waals surface area contributed by atoms with Crippen molar-refractivity contribution < 1.29 is 4.39 Å². The van der Waals surface area contributed by atoms with Gasteiger partial charge < -0.3 is 5.73 Å². The van der Waals surface area contributed by atoms with Gasteiger partial charge in [-0.15, -0.1) is 11.3 Å². The molecule has 2 N–H and O–H groups in total. The van der Waals surface area contributed by atoms with Crippen LogP contribution in [-0.2, 0) is 6.54 Å². The second kappa shape index (κ2) is 7.37. The first-order chi connectivity index (χ1) is 10.1. The zero-order valence-corrected chi connectivity index (χ0v) is 13.1. The van der Waals surface area contributed by atoms with E-state index >= 15 is 0 Å². The van der Waals surface area contributed by atoms with Crippen LogP contribution < -0.4 is 5.73 Å². The number of benzene rings is 1. The fraction of sp³-hybridized carbons (Fsp3) is 0.294. The lowest BCUT2D eigenvalue weighted by Crippen LogP contribution is -2.21. The molecule has 2 nitrogen and oxygen atoms in total. The zero-order chi connectivity index (χ0) is 15.2. The molecular formula is C17H19FN2S. The van der Waals surface area contributed by atoms with Gasteiger partial charge in [-0.1, -0.05) is 17.9 Å². The highest BCUT2D eigenvalue weighted by Crippen LogP contribution is 2.25. The average Bonchev–Trinajstić information content (AvgIpc) is 2.97. The van der Waals surface area contributed by atoms with Gasteiger partial charge in [0.2, 0.25) is 0 Å². The fourth-order valence-corrected chi connectivity index (χ4v) is 2.99. The number of thiophene rings is 1. The average molecular weight is 302 g/mol. The fourth-order valence-electron chi connectivity index (χ4n) is 2.14. The zero-order valence-electron chi connectivity index (χ0n) is 12.3. The van der Waals surface area contributed by atoms with E-state index in [0.29, 0.717) is 18.2 Å². The van der Waals surface area contributed by atoms with Crippen molar-refractivity contribution in [1.29, 1.82) is 0 Å². The van der Waals surface area contributed by atoms with E-state index in [9.17, 15) is 4.39 Å². The second-order valence-electron chi connectivity index (χ2n) is 4.96. The van der Waals surface area contributed by atoms with Crippen molar-refractivity contribution in [2.24, 2.45) is 5.73 Å². The van der Waals surface area contributed by atoms with Crippen LogP contribution in [0.4, 0.5) is 4.39 Å². The first-order valence-electron chi connectivity index (χ1n) is 6.82. The van der Waals surface area contributed by atoms with Gasteiger partial charge in [0.05, 0.1) is 6.54 Å². The van der Waals surface area contributed by atoms with Crippen molar-refractivity contribution >= 4 is 11.3 Å². The van der Waals surface area contributed by atoms with E-state index in [0.717, 1.165) is 5.56 Å². The summed E-state index contributed by atoms with van der Waals surface area (Å²) < 4.78 is 13.7. The van der Waals surface area contributed by atoms with Crippen molar-refractivity contribution in [3.05, 3.63) is 57.5 Å². The number of nitrogens with two attached hydrogens (primary N) is 1. The molecule has 21 heavy (non-hydrogen) atoms. The SMILES string of the molecule is CC(c1cccs1)N(C)Cc1cc(F)cc(C#CCN)c1. The Hall–Kier alpha value is -1.67. The van der Waals surface area contributed by atoms with Crippen LogP contribution in [0.3, 0.4) is 0 Å².